The molecule has 0 amide bonds. The molecule has 2 rings (SSSR count). The molecule has 0 aliphatic rings. The van der Waals surface area contributed by atoms with Crippen molar-refractivity contribution < 1.29 is 4.74 Å². The van der Waals surface area contributed by atoms with E-state index in [9.17, 15) is 0 Å². The second-order valence-corrected chi connectivity index (χ2v) is 4.26. The summed E-state index contributed by atoms with van der Waals surface area (Å²) >= 11 is 0. The van der Waals surface area contributed by atoms with Gasteiger partial charge >= 0.3 is 0 Å². The minimum absolute atomic E-state index is 0.00686. The molecule has 5 heteroatoms. The van der Waals surface area contributed by atoms with E-state index in [2.05, 4.69) is 5.10 Å². The summed E-state index contributed by atoms with van der Waals surface area (Å²) in [4.78, 5) is 0. The quantitative estimate of drug-likeness (QED) is 0.641. The zero-order valence-electron chi connectivity index (χ0n) is 10.7. The summed E-state index contributed by atoms with van der Waals surface area (Å²) < 4.78 is 7.41. The van der Waals surface area contributed by atoms with E-state index >= 15 is 0 Å². The highest BCUT2D eigenvalue weighted by Crippen LogP contribution is 2.26. The standard InChI is InChI=1S/C13H16N4O/c1-8-4-5-11(10(6-8)13(14)15)18-12-7-9(2)16-17(12)3/h4-7H,1-3H3,(H3,14,15). The summed E-state index contributed by atoms with van der Waals surface area (Å²) in [5.41, 5.74) is 8.07. The van der Waals surface area contributed by atoms with Gasteiger partial charge in [0, 0.05) is 13.1 Å². The van der Waals surface area contributed by atoms with Gasteiger partial charge in [0.15, 0.2) is 0 Å². The molecule has 0 aliphatic heterocycles. The van der Waals surface area contributed by atoms with Gasteiger partial charge in [0.2, 0.25) is 5.88 Å². The van der Waals surface area contributed by atoms with E-state index in [1.165, 1.54) is 0 Å². The monoisotopic (exact) mass is 244 g/mol. The molecule has 0 spiro atoms. The van der Waals surface area contributed by atoms with Crippen molar-refractivity contribution in [2.24, 2.45) is 12.8 Å². The molecule has 5 nitrogen and oxygen atoms in total. The molecule has 0 atom stereocenters. The molecule has 0 fully saturated rings. The number of rotatable bonds is 3. The fourth-order valence-corrected chi connectivity index (χ4v) is 1.74. The van der Waals surface area contributed by atoms with Crippen LogP contribution in [0.4, 0.5) is 0 Å². The number of ether oxygens (including phenoxy) is 1. The summed E-state index contributed by atoms with van der Waals surface area (Å²) in [6, 6.07) is 7.41. The van der Waals surface area contributed by atoms with Gasteiger partial charge in [0.1, 0.15) is 11.6 Å². The van der Waals surface area contributed by atoms with E-state index in [0.717, 1.165) is 11.3 Å². The zero-order valence-corrected chi connectivity index (χ0v) is 10.7. The Bertz CT molecular complexity index is 601. The van der Waals surface area contributed by atoms with E-state index in [1.54, 1.807) is 4.68 Å². The van der Waals surface area contributed by atoms with Crippen LogP contribution < -0.4 is 10.5 Å². The summed E-state index contributed by atoms with van der Waals surface area (Å²) in [5.74, 6) is 1.18. The van der Waals surface area contributed by atoms with Crippen molar-refractivity contribution in [2.45, 2.75) is 13.8 Å². The minimum Gasteiger partial charge on any atom is -0.439 e. The van der Waals surface area contributed by atoms with Crippen LogP contribution in [0.1, 0.15) is 16.8 Å². The fraction of sp³-hybridized carbons (Fsp3) is 0.231. The average molecular weight is 244 g/mol. The van der Waals surface area contributed by atoms with Crippen LogP contribution in [0.25, 0.3) is 0 Å². The van der Waals surface area contributed by atoms with Gasteiger partial charge in [-0.3, -0.25) is 5.41 Å². The van der Waals surface area contributed by atoms with Crippen LogP contribution in [0.2, 0.25) is 0 Å². The number of aromatic nitrogens is 2. The zero-order chi connectivity index (χ0) is 13.3. The number of hydrogen-bond acceptors (Lipinski definition) is 3. The number of nitrogen functional groups attached to an aromatic ring is 1. The van der Waals surface area contributed by atoms with Gasteiger partial charge in [0.05, 0.1) is 11.3 Å². The third kappa shape index (κ3) is 2.34. The molecule has 1 aromatic heterocycles. The number of nitrogens with zero attached hydrogens (tertiary/aromatic N) is 2. The first-order chi connectivity index (χ1) is 8.47. The molecule has 0 saturated carbocycles. The Kier molecular flexibility index (Phi) is 3.06. The van der Waals surface area contributed by atoms with Gasteiger partial charge in [-0.15, -0.1) is 0 Å². The van der Waals surface area contributed by atoms with E-state index in [-0.39, 0.29) is 5.84 Å². The first kappa shape index (κ1) is 12.2. The number of amidine groups is 1. The number of nitrogens with two attached hydrogens (primary N) is 1. The fourth-order valence-electron chi connectivity index (χ4n) is 1.74. The number of nitrogens with one attached hydrogen (secondary N) is 1. The van der Waals surface area contributed by atoms with Crippen molar-refractivity contribution in [3.8, 4) is 11.6 Å². The minimum atomic E-state index is -0.00686. The molecular formula is C13H16N4O. The molecule has 1 aromatic carbocycles. The maximum Gasteiger partial charge on any atom is 0.217 e. The van der Waals surface area contributed by atoms with Crippen LogP contribution in [0.5, 0.6) is 11.6 Å². The Hall–Kier alpha value is -2.30. The Morgan fingerprint density at radius 1 is 1.33 bits per heavy atom. The predicted octanol–water partition coefficient (Wildman–Crippen LogP) is 2.11. The maximum atomic E-state index is 7.57. The van der Waals surface area contributed by atoms with Crippen LogP contribution in [0.3, 0.4) is 0 Å². The van der Waals surface area contributed by atoms with Crippen LogP contribution in [-0.2, 0) is 7.05 Å². The highest BCUT2D eigenvalue weighted by atomic mass is 16.5. The second-order valence-electron chi connectivity index (χ2n) is 4.26. The lowest BCUT2D eigenvalue weighted by Gasteiger charge is -2.10. The third-order valence-corrected chi connectivity index (χ3v) is 2.60. The van der Waals surface area contributed by atoms with Crippen LogP contribution in [0.15, 0.2) is 24.3 Å². The summed E-state index contributed by atoms with van der Waals surface area (Å²) in [7, 11) is 1.81. The Balaban J connectivity index is 2.40. The largest absolute Gasteiger partial charge is 0.439 e. The van der Waals surface area contributed by atoms with Gasteiger partial charge in [-0.05, 0) is 26.0 Å². The first-order valence-corrected chi connectivity index (χ1v) is 5.61. The van der Waals surface area contributed by atoms with Gasteiger partial charge in [0.25, 0.3) is 0 Å². The molecule has 1 heterocycles. The van der Waals surface area contributed by atoms with Crippen molar-refractivity contribution >= 4 is 5.84 Å². The average Bonchev–Trinajstić information content (AvgIpc) is 2.60. The molecule has 0 saturated heterocycles. The van der Waals surface area contributed by atoms with Gasteiger partial charge in [-0.25, -0.2) is 4.68 Å². The van der Waals surface area contributed by atoms with E-state index in [1.807, 2.05) is 45.2 Å². The molecule has 0 aliphatic carbocycles. The van der Waals surface area contributed by atoms with E-state index in [4.69, 9.17) is 15.9 Å². The van der Waals surface area contributed by atoms with E-state index < -0.39 is 0 Å². The number of hydrogen-bond donors (Lipinski definition) is 2. The van der Waals surface area contributed by atoms with Crippen LogP contribution >= 0.6 is 0 Å². The van der Waals surface area contributed by atoms with Crippen molar-refractivity contribution in [1.29, 1.82) is 5.41 Å². The van der Waals surface area contributed by atoms with Crippen molar-refractivity contribution in [2.75, 3.05) is 0 Å². The second kappa shape index (κ2) is 4.52. The topological polar surface area (TPSA) is 76.9 Å². The van der Waals surface area contributed by atoms with Gasteiger partial charge in [-0.1, -0.05) is 11.6 Å². The SMILES string of the molecule is Cc1ccc(Oc2cc(C)nn2C)c(C(=N)N)c1. The lowest BCUT2D eigenvalue weighted by Crippen LogP contribution is -2.12. The van der Waals surface area contributed by atoms with Crippen molar-refractivity contribution in [1.82, 2.24) is 9.78 Å². The normalized spacial score (nSPS) is 10.4. The molecule has 0 radical (unpaired) electrons. The maximum absolute atomic E-state index is 7.57. The number of benzene rings is 1. The molecular weight excluding hydrogens is 228 g/mol. The first-order valence-electron chi connectivity index (χ1n) is 5.61. The van der Waals surface area contributed by atoms with Crippen molar-refractivity contribution in [3.63, 3.8) is 0 Å². The molecule has 2 aromatic rings. The van der Waals surface area contributed by atoms with E-state index in [0.29, 0.717) is 17.2 Å². The Morgan fingerprint density at radius 2 is 2.06 bits per heavy atom. The lowest BCUT2D eigenvalue weighted by atomic mass is 10.1. The highest BCUT2D eigenvalue weighted by Gasteiger charge is 2.10. The Morgan fingerprint density at radius 3 is 2.61 bits per heavy atom. The van der Waals surface area contributed by atoms with Crippen LogP contribution in [0, 0.1) is 19.3 Å². The third-order valence-electron chi connectivity index (χ3n) is 2.60. The summed E-state index contributed by atoms with van der Waals surface area (Å²) in [5, 5.41) is 11.8. The summed E-state index contributed by atoms with van der Waals surface area (Å²) in [6.45, 7) is 3.85. The predicted molar refractivity (Wildman–Crippen MR) is 70.2 cm³/mol. The molecule has 0 bridgehead atoms. The molecule has 18 heavy (non-hydrogen) atoms. The molecule has 0 unspecified atom stereocenters. The Labute approximate surface area is 106 Å². The van der Waals surface area contributed by atoms with Gasteiger partial charge in [-0.2, -0.15) is 5.10 Å². The molecule has 3 N–H and O–H groups in total. The highest BCUT2D eigenvalue weighted by molar-refractivity contribution is 5.97. The van der Waals surface area contributed by atoms with Crippen molar-refractivity contribution in [3.05, 3.63) is 41.1 Å². The van der Waals surface area contributed by atoms with Crippen LogP contribution in [-0.4, -0.2) is 15.6 Å². The van der Waals surface area contributed by atoms with Gasteiger partial charge < -0.3 is 10.5 Å². The molecule has 94 valence electrons. The summed E-state index contributed by atoms with van der Waals surface area (Å²) in [6.07, 6.45) is 0. The lowest BCUT2D eigenvalue weighted by molar-refractivity contribution is 0.429. The smallest absolute Gasteiger partial charge is 0.217 e. The number of aryl methyl sites for hydroxylation is 3.